The molecule has 214 valence electrons. The smallest absolute Gasteiger partial charge is 0.408 e. The summed E-state index contributed by atoms with van der Waals surface area (Å²) >= 11 is 0. The molecule has 1 N–H and O–H groups in total. The second-order valence-electron chi connectivity index (χ2n) is 13.2. The van der Waals surface area contributed by atoms with Crippen molar-refractivity contribution in [3.63, 3.8) is 0 Å². The molecule has 1 heterocycles. The van der Waals surface area contributed by atoms with Gasteiger partial charge in [0, 0.05) is 18.9 Å². The lowest BCUT2D eigenvalue weighted by atomic mass is 9.84. The second-order valence-corrected chi connectivity index (χ2v) is 13.2. The lowest BCUT2D eigenvalue weighted by molar-refractivity contribution is -0.156. The van der Waals surface area contributed by atoms with E-state index in [0.29, 0.717) is 13.0 Å². The van der Waals surface area contributed by atoms with Gasteiger partial charge in [-0.3, -0.25) is 14.4 Å². The molecule has 1 aliphatic heterocycles. The van der Waals surface area contributed by atoms with E-state index in [1.807, 2.05) is 20.8 Å². The molecule has 0 aromatic carbocycles. The summed E-state index contributed by atoms with van der Waals surface area (Å²) in [6, 6.07) is -1.67. The van der Waals surface area contributed by atoms with Crippen molar-refractivity contribution >= 4 is 29.5 Å². The maximum atomic E-state index is 13.9. The zero-order chi connectivity index (χ0) is 29.2. The van der Waals surface area contributed by atoms with Gasteiger partial charge in [0.2, 0.25) is 11.7 Å². The Balaban J connectivity index is 2.33. The molecule has 9 nitrogen and oxygen atoms in total. The number of ketones is 2. The Labute approximate surface area is 227 Å². The maximum absolute atomic E-state index is 13.9. The quantitative estimate of drug-likeness (QED) is 0.241. The molecular formula is C29H46N2O7. The van der Waals surface area contributed by atoms with Gasteiger partial charge < -0.3 is 19.7 Å². The number of fused-ring (bicyclic) bond motifs is 1. The minimum atomic E-state index is -0.951. The third-order valence-corrected chi connectivity index (χ3v) is 7.61. The van der Waals surface area contributed by atoms with Crippen LogP contribution in [0.4, 0.5) is 4.79 Å². The van der Waals surface area contributed by atoms with Crippen LogP contribution in [-0.4, -0.2) is 65.3 Å². The molecule has 5 atom stereocenters. The summed E-state index contributed by atoms with van der Waals surface area (Å²) in [5.74, 6) is -3.07. The van der Waals surface area contributed by atoms with Crippen LogP contribution < -0.4 is 5.32 Å². The molecule has 5 unspecified atom stereocenters. The number of piperidine rings is 1. The number of amides is 2. The van der Waals surface area contributed by atoms with E-state index in [0.717, 1.165) is 0 Å². The SMILES string of the molecule is C=CCCC(CC(=O)C1C2C(CN1C(=O)C(NC(=O)OC(C)(C)C)C(C)(C)C)C2(C)C)C(=O)C(=O)OCC. The zero-order valence-corrected chi connectivity index (χ0v) is 24.5. The van der Waals surface area contributed by atoms with Gasteiger partial charge in [0.15, 0.2) is 5.78 Å². The highest BCUT2D eigenvalue weighted by Crippen LogP contribution is 2.65. The molecule has 0 aromatic rings. The van der Waals surface area contributed by atoms with E-state index in [1.54, 1.807) is 38.7 Å². The van der Waals surface area contributed by atoms with Crippen LogP contribution >= 0.6 is 0 Å². The van der Waals surface area contributed by atoms with Gasteiger partial charge in [0.05, 0.1) is 12.6 Å². The number of nitrogens with one attached hydrogen (secondary N) is 1. The fourth-order valence-corrected chi connectivity index (χ4v) is 5.50. The van der Waals surface area contributed by atoms with E-state index in [4.69, 9.17) is 9.47 Å². The maximum Gasteiger partial charge on any atom is 0.408 e. The average molecular weight is 535 g/mol. The standard InChI is InChI=1S/C29H46N2O7/c1-11-13-14-17(22(33)25(35)37-12-2)15-19(32)21-20-18(29(20,9)10)16-31(21)24(34)23(27(3,4)5)30-26(36)38-28(6,7)8/h11,17-18,20-21,23H,1,12-16H2,2-10H3,(H,30,36). The number of ether oxygens (including phenoxy) is 2. The van der Waals surface area contributed by atoms with Crippen molar-refractivity contribution in [3.05, 3.63) is 12.7 Å². The lowest BCUT2D eigenvalue weighted by Crippen LogP contribution is -2.58. The Bertz CT molecular complexity index is 957. The zero-order valence-electron chi connectivity index (χ0n) is 24.5. The number of hydrogen-bond donors (Lipinski definition) is 1. The predicted octanol–water partition coefficient (Wildman–Crippen LogP) is 4.08. The highest BCUT2D eigenvalue weighted by molar-refractivity contribution is 6.34. The van der Waals surface area contributed by atoms with Crippen molar-refractivity contribution in [3.8, 4) is 0 Å². The molecule has 38 heavy (non-hydrogen) atoms. The van der Waals surface area contributed by atoms with E-state index < -0.39 is 46.9 Å². The van der Waals surface area contributed by atoms with Gasteiger partial charge in [-0.2, -0.15) is 0 Å². The van der Waals surface area contributed by atoms with Gasteiger partial charge in [0.1, 0.15) is 11.6 Å². The normalized spacial score (nSPS) is 23.5. The van der Waals surface area contributed by atoms with Crippen LogP contribution in [0.3, 0.4) is 0 Å². The summed E-state index contributed by atoms with van der Waals surface area (Å²) in [4.78, 5) is 66.8. The van der Waals surface area contributed by atoms with Crippen LogP contribution in [-0.2, 0) is 28.7 Å². The molecule has 2 aliphatic rings. The van der Waals surface area contributed by atoms with Crippen LogP contribution in [0.1, 0.15) is 81.6 Å². The molecule has 0 radical (unpaired) electrons. The van der Waals surface area contributed by atoms with Crippen molar-refractivity contribution in [1.29, 1.82) is 0 Å². The molecule has 1 saturated carbocycles. The Morgan fingerprint density at radius 1 is 1.11 bits per heavy atom. The van der Waals surface area contributed by atoms with Crippen molar-refractivity contribution in [1.82, 2.24) is 10.2 Å². The summed E-state index contributed by atoms with van der Waals surface area (Å²) in [6.07, 6.45) is 1.51. The monoisotopic (exact) mass is 534 g/mol. The number of allylic oxidation sites excluding steroid dienone is 1. The molecule has 0 bridgehead atoms. The summed E-state index contributed by atoms with van der Waals surface area (Å²) < 4.78 is 10.3. The van der Waals surface area contributed by atoms with E-state index in [1.165, 1.54) is 0 Å². The molecule has 0 spiro atoms. The third kappa shape index (κ3) is 7.23. The first-order valence-corrected chi connectivity index (χ1v) is 13.5. The highest BCUT2D eigenvalue weighted by atomic mass is 16.6. The number of carbonyl (C=O) groups excluding carboxylic acids is 5. The van der Waals surface area contributed by atoms with E-state index >= 15 is 0 Å². The third-order valence-electron chi connectivity index (χ3n) is 7.61. The fraction of sp³-hybridized carbons (Fsp3) is 0.759. The predicted molar refractivity (Wildman–Crippen MR) is 143 cm³/mol. The average Bonchev–Trinajstić information content (AvgIpc) is 3.11. The molecule has 9 heteroatoms. The molecule has 1 saturated heterocycles. The van der Waals surface area contributed by atoms with Gasteiger partial charge in [-0.1, -0.05) is 40.7 Å². The first kappa shape index (κ1) is 31.5. The van der Waals surface area contributed by atoms with Gasteiger partial charge >= 0.3 is 12.1 Å². The van der Waals surface area contributed by atoms with Crippen molar-refractivity contribution < 1.29 is 33.4 Å². The Hall–Kier alpha value is -2.71. The Kier molecular flexibility index (Phi) is 9.60. The van der Waals surface area contributed by atoms with E-state index in [-0.39, 0.29) is 48.4 Å². The van der Waals surface area contributed by atoms with Gasteiger partial charge in [-0.25, -0.2) is 9.59 Å². The fourth-order valence-electron chi connectivity index (χ4n) is 5.50. The number of rotatable bonds is 11. The number of Topliss-reactive ketones (excluding diaryl/α,β-unsaturated/α-hetero) is 2. The van der Waals surface area contributed by atoms with E-state index in [9.17, 15) is 24.0 Å². The number of alkyl carbamates (subject to hydrolysis) is 1. The van der Waals surface area contributed by atoms with Crippen LogP contribution in [0, 0.1) is 28.6 Å². The highest BCUT2D eigenvalue weighted by Gasteiger charge is 2.69. The van der Waals surface area contributed by atoms with Crippen LogP contribution in [0.5, 0.6) is 0 Å². The molecular weight excluding hydrogens is 488 g/mol. The van der Waals surface area contributed by atoms with Crippen molar-refractivity contribution in [2.24, 2.45) is 28.6 Å². The number of carbonyl (C=O) groups is 5. The molecule has 2 fully saturated rings. The summed E-state index contributed by atoms with van der Waals surface area (Å²) in [5, 5.41) is 2.73. The minimum absolute atomic E-state index is 0.0566. The van der Waals surface area contributed by atoms with Crippen LogP contribution in [0.2, 0.25) is 0 Å². The second kappa shape index (κ2) is 11.6. The molecule has 2 rings (SSSR count). The van der Waals surface area contributed by atoms with Gasteiger partial charge in [-0.15, -0.1) is 6.58 Å². The first-order chi connectivity index (χ1) is 17.4. The lowest BCUT2D eigenvalue weighted by Gasteiger charge is -2.38. The topological polar surface area (TPSA) is 119 Å². The van der Waals surface area contributed by atoms with Crippen molar-refractivity contribution in [2.45, 2.75) is 99.3 Å². The summed E-state index contributed by atoms with van der Waals surface area (Å²) in [6.45, 7) is 20.6. The number of esters is 1. The number of likely N-dealkylation sites (tertiary alicyclic amines) is 1. The van der Waals surface area contributed by atoms with Crippen molar-refractivity contribution in [2.75, 3.05) is 13.2 Å². The molecule has 1 aliphatic carbocycles. The van der Waals surface area contributed by atoms with Crippen LogP contribution in [0.25, 0.3) is 0 Å². The van der Waals surface area contributed by atoms with Gasteiger partial charge in [-0.05, 0) is 63.2 Å². The minimum Gasteiger partial charge on any atom is -0.460 e. The van der Waals surface area contributed by atoms with Gasteiger partial charge in [0.25, 0.3) is 0 Å². The van der Waals surface area contributed by atoms with E-state index in [2.05, 4.69) is 25.7 Å². The Morgan fingerprint density at radius 3 is 2.21 bits per heavy atom. The number of hydrogen-bond acceptors (Lipinski definition) is 7. The summed E-state index contributed by atoms with van der Waals surface area (Å²) in [7, 11) is 0. The Morgan fingerprint density at radius 2 is 1.71 bits per heavy atom. The largest absolute Gasteiger partial charge is 0.460 e. The number of nitrogens with zero attached hydrogens (tertiary/aromatic N) is 1. The molecule has 2 amide bonds. The first-order valence-electron chi connectivity index (χ1n) is 13.5. The molecule has 0 aromatic heterocycles. The summed E-state index contributed by atoms with van der Waals surface area (Å²) in [5.41, 5.74) is -1.52. The van der Waals surface area contributed by atoms with Crippen LogP contribution in [0.15, 0.2) is 12.7 Å².